The van der Waals surface area contributed by atoms with E-state index < -0.39 is 12.7 Å². The molecule has 0 saturated carbocycles. The summed E-state index contributed by atoms with van der Waals surface area (Å²) in [5.74, 6) is 0.613. The molecule has 0 radical (unpaired) electrons. The van der Waals surface area contributed by atoms with Crippen LogP contribution < -0.4 is 10.6 Å². The van der Waals surface area contributed by atoms with E-state index in [4.69, 9.17) is 9.47 Å². The summed E-state index contributed by atoms with van der Waals surface area (Å²) >= 11 is 0. The van der Waals surface area contributed by atoms with Gasteiger partial charge in [-0.25, -0.2) is 0 Å². The molecule has 24 heavy (non-hydrogen) atoms. The zero-order valence-corrected chi connectivity index (χ0v) is 16.5. The number of rotatable bonds is 9. The molecule has 1 heterocycles. The van der Waals surface area contributed by atoms with E-state index in [2.05, 4.69) is 15.6 Å². The van der Waals surface area contributed by atoms with Gasteiger partial charge in [-0.05, 0) is 13.3 Å². The highest BCUT2D eigenvalue weighted by atomic mass is 127. The Morgan fingerprint density at radius 2 is 2.04 bits per heavy atom. The van der Waals surface area contributed by atoms with Crippen molar-refractivity contribution < 1.29 is 22.6 Å². The minimum atomic E-state index is -4.15. The molecular weight excluding hydrogens is 440 g/mol. The summed E-state index contributed by atoms with van der Waals surface area (Å²) < 4.78 is 47.4. The summed E-state index contributed by atoms with van der Waals surface area (Å²) in [5, 5.41) is 6.28. The Morgan fingerprint density at radius 3 is 2.67 bits per heavy atom. The Labute approximate surface area is 158 Å². The fourth-order valence-electron chi connectivity index (χ4n) is 2.33. The molecule has 1 unspecified atom stereocenters. The molecule has 1 saturated heterocycles. The predicted molar refractivity (Wildman–Crippen MR) is 98.1 cm³/mol. The van der Waals surface area contributed by atoms with Gasteiger partial charge in [0.05, 0.1) is 32.9 Å². The van der Waals surface area contributed by atoms with Crippen molar-refractivity contribution in [1.29, 1.82) is 0 Å². The first-order valence-electron chi connectivity index (χ1n) is 7.85. The summed E-state index contributed by atoms with van der Waals surface area (Å²) in [4.78, 5) is 5.77. The monoisotopic (exact) mass is 468 g/mol. The number of nitrogens with zero attached hydrogens (tertiary/aromatic N) is 2. The molecule has 0 aromatic rings. The van der Waals surface area contributed by atoms with Crippen molar-refractivity contribution in [3.8, 4) is 0 Å². The van der Waals surface area contributed by atoms with Crippen LogP contribution in [0, 0.1) is 0 Å². The van der Waals surface area contributed by atoms with Crippen LogP contribution >= 0.6 is 24.0 Å². The molecule has 1 fully saturated rings. The third-order valence-electron chi connectivity index (χ3n) is 3.30. The molecular formula is C14H28F3IN4O2. The van der Waals surface area contributed by atoms with Gasteiger partial charge in [0, 0.05) is 32.8 Å². The average Bonchev–Trinajstić information content (AvgIpc) is 2.87. The lowest BCUT2D eigenvalue weighted by Gasteiger charge is -2.19. The molecule has 2 N–H and O–H groups in total. The van der Waals surface area contributed by atoms with Crippen molar-refractivity contribution in [2.45, 2.75) is 25.6 Å². The molecule has 1 aliphatic heterocycles. The first-order valence-corrected chi connectivity index (χ1v) is 7.85. The number of hydrogen-bond acceptors (Lipinski definition) is 4. The quantitative estimate of drug-likeness (QED) is 0.232. The van der Waals surface area contributed by atoms with Crippen molar-refractivity contribution in [2.75, 3.05) is 59.7 Å². The maximum Gasteiger partial charge on any atom is 0.401 e. The zero-order chi connectivity index (χ0) is 17.1. The molecule has 0 aromatic carbocycles. The highest BCUT2D eigenvalue weighted by Gasteiger charge is 2.34. The van der Waals surface area contributed by atoms with Crippen molar-refractivity contribution in [2.24, 2.45) is 4.99 Å². The van der Waals surface area contributed by atoms with Crippen LogP contribution in [-0.4, -0.2) is 82.7 Å². The number of ether oxygens (including phenoxy) is 2. The number of hydrogen-bond donors (Lipinski definition) is 2. The number of alkyl halides is 3. The largest absolute Gasteiger partial charge is 0.401 e. The Balaban J connectivity index is 0.00000529. The molecule has 0 spiro atoms. The van der Waals surface area contributed by atoms with Crippen LogP contribution in [0.25, 0.3) is 0 Å². The van der Waals surface area contributed by atoms with Gasteiger partial charge in [0.15, 0.2) is 5.96 Å². The van der Waals surface area contributed by atoms with E-state index in [1.165, 1.54) is 4.90 Å². The van der Waals surface area contributed by atoms with Crippen LogP contribution in [-0.2, 0) is 9.47 Å². The van der Waals surface area contributed by atoms with Crippen LogP contribution in [0.1, 0.15) is 13.3 Å². The van der Waals surface area contributed by atoms with Crippen molar-refractivity contribution in [1.82, 2.24) is 15.5 Å². The number of likely N-dealkylation sites (tertiary alicyclic amines) is 1. The van der Waals surface area contributed by atoms with Gasteiger partial charge in [-0.15, -0.1) is 24.0 Å². The summed E-state index contributed by atoms with van der Waals surface area (Å²) in [5.41, 5.74) is 0. The van der Waals surface area contributed by atoms with Gasteiger partial charge in [0.2, 0.25) is 0 Å². The average molecular weight is 468 g/mol. The summed E-state index contributed by atoms with van der Waals surface area (Å²) in [6, 6.07) is -0.0236. The Bertz CT molecular complexity index is 359. The molecule has 1 aliphatic rings. The van der Waals surface area contributed by atoms with Crippen LogP contribution in [0.5, 0.6) is 0 Å². The van der Waals surface area contributed by atoms with Crippen LogP contribution in [0.15, 0.2) is 4.99 Å². The molecule has 0 aliphatic carbocycles. The number of nitrogens with one attached hydrogen (secondary N) is 2. The lowest BCUT2D eigenvalue weighted by atomic mass is 10.3. The van der Waals surface area contributed by atoms with E-state index in [1.807, 2.05) is 6.92 Å². The predicted octanol–water partition coefficient (Wildman–Crippen LogP) is 1.46. The van der Waals surface area contributed by atoms with Gasteiger partial charge in [0.1, 0.15) is 0 Å². The van der Waals surface area contributed by atoms with Gasteiger partial charge in [0.25, 0.3) is 0 Å². The molecule has 6 nitrogen and oxygen atoms in total. The summed E-state index contributed by atoms with van der Waals surface area (Å²) in [7, 11) is 1.61. The summed E-state index contributed by atoms with van der Waals surface area (Å²) in [6.45, 7) is 4.61. The maximum absolute atomic E-state index is 12.4. The number of methoxy groups -OCH3 is 1. The third kappa shape index (κ3) is 11.3. The minimum absolute atomic E-state index is 0. The second kappa shape index (κ2) is 13.0. The normalized spacial score (nSPS) is 19.2. The Morgan fingerprint density at radius 1 is 1.29 bits per heavy atom. The second-order valence-corrected chi connectivity index (χ2v) is 5.35. The minimum Gasteiger partial charge on any atom is -0.382 e. The third-order valence-corrected chi connectivity index (χ3v) is 3.30. The zero-order valence-electron chi connectivity index (χ0n) is 14.2. The topological polar surface area (TPSA) is 58.1 Å². The van der Waals surface area contributed by atoms with Gasteiger partial charge >= 0.3 is 6.18 Å². The standard InChI is InChI=1S/C14H27F3N4O2.HI/c1-3-18-13(19-5-7-23-9-8-22-2)20-12-4-6-21(10-12)11-14(15,16)17;/h12H,3-11H2,1-2H3,(H2,18,19,20);1H. The van der Waals surface area contributed by atoms with Crippen LogP contribution in [0.3, 0.4) is 0 Å². The lowest BCUT2D eigenvalue weighted by Crippen LogP contribution is -2.45. The first kappa shape index (κ1) is 23.7. The van der Waals surface area contributed by atoms with Crippen LogP contribution in [0.4, 0.5) is 13.2 Å². The van der Waals surface area contributed by atoms with E-state index in [9.17, 15) is 13.2 Å². The first-order chi connectivity index (χ1) is 10.9. The highest BCUT2D eigenvalue weighted by molar-refractivity contribution is 14.0. The van der Waals surface area contributed by atoms with Crippen molar-refractivity contribution >= 4 is 29.9 Å². The van der Waals surface area contributed by atoms with Gasteiger partial charge in [-0.2, -0.15) is 13.2 Å². The van der Waals surface area contributed by atoms with E-state index in [1.54, 1.807) is 7.11 Å². The van der Waals surface area contributed by atoms with E-state index in [0.717, 1.165) is 0 Å². The molecule has 1 rings (SSSR count). The second-order valence-electron chi connectivity index (χ2n) is 5.35. The SMILES string of the molecule is CCNC(=NCCOCCOC)NC1CCN(CC(F)(F)F)C1.I. The molecule has 0 aromatic heterocycles. The fourth-order valence-corrected chi connectivity index (χ4v) is 2.33. The van der Waals surface area contributed by atoms with Gasteiger partial charge in [-0.1, -0.05) is 0 Å². The molecule has 0 amide bonds. The smallest absolute Gasteiger partial charge is 0.382 e. The Hall–Kier alpha value is -0.330. The molecule has 0 bridgehead atoms. The van der Waals surface area contributed by atoms with E-state index in [0.29, 0.717) is 58.4 Å². The van der Waals surface area contributed by atoms with E-state index in [-0.39, 0.29) is 30.0 Å². The van der Waals surface area contributed by atoms with E-state index >= 15 is 0 Å². The molecule has 1 atom stereocenters. The fraction of sp³-hybridized carbons (Fsp3) is 0.929. The van der Waals surface area contributed by atoms with Crippen molar-refractivity contribution in [3.05, 3.63) is 0 Å². The highest BCUT2D eigenvalue weighted by Crippen LogP contribution is 2.19. The maximum atomic E-state index is 12.4. The molecule has 10 heteroatoms. The van der Waals surface area contributed by atoms with Gasteiger partial charge in [-0.3, -0.25) is 9.89 Å². The molecule has 144 valence electrons. The van der Waals surface area contributed by atoms with Crippen LogP contribution in [0.2, 0.25) is 0 Å². The lowest BCUT2D eigenvalue weighted by molar-refractivity contribution is -0.143. The Kier molecular flexibility index (Phi) is 12.8. The summed E-state index contributed by atoms with van der Waals surface area (Å²) in [6.07, 6.45) is -3.47. The van der Waals surface area contributed by atoms with Gasteiger partial charge < -0.3 is 20.1 Å². The number of guanidine groups is 1. The number of halogens is 4. The van der Waals surface area contributed by atoms with Crippen molar-refractivity contribution in [3.63, 3.8) is 0 Å². The number of aliphatic imine (C=N–C) groups is 1.